The largest absolute Gasteiger partial charge is 0.481 e. The van der Waals surface area contributed by atoms with Crippen LogP contribution in [-0.4, -0.2) is 16.2 Å². The van der Waals surface area contributed by atoms with Gasteiger partial charge in [0.15, 0.2) is 0 Å². The first-order valence-corrected chi connectivity index (χ1v) is 4.23. The summed E-state index contributed by atoms with van der Waals surface area (Å²) in [6.45, 7) is 0. The van der Waals surface area contributed by atoms with E-state index in [0.29, 0.717) is 0 Å². The molecule has 14 heavy (non-hydrogen) atoms. The van der Waals surface area contributed by atoms with E-state index >= 15 is 0 Å². The molecule has 0 saturated carbocycles. The molecule has 0 spiro atoms. The molecule has 0 fully saturated rings. The maximum atomic E-state index is 13.1. The topological polar surface area (TPSA) is 57.5 Å². The molecule has 0 aliphatic rings. The molecule has 76 valence electrons. The predicted molar refractivity (Wildman–Crippen MR) is 48.6 cm³/mol. The summed E-state index contributed by atoms with van der Waals surface area (Å²) in [6, 6.07) is 3.63. The number of aliphatic hydroxyl groups excluding tert-OH is 1. The van der Waals surface area contributed by atoms with Crippen LogP contribution in [0.2, 0.25) is 5.02 Å². The number of hydrogen-bond donors (Lipinski definition) is 2. The summed E-state index contributed by atoms with van der Waals surface area (Å²) < 4.78 is 13.1. The van der Waals surface area contributed by atoms with Crippen molar-refractivity contribution in [3.8, 4) is 0 Å². The van der Waals surface area contributed by atoms with Gasteiger partial charge in [-0.2, -0.15) is 0 Å². The number of halogens is 2. The van der Waals surface area contributed by atoms with Crippen LogP contribution in [0.5, 0.6) is 0 Å². The van der Waals surface area contributed by atoms with Crippen LogP contribution >= 0.6 is 11.6 Å². The van der Waals surface area contributed by atoms with Gasteiger partial charge >= 0.3 is 5.97 Å². The third kappa shape index (κ3) is 2.68. The molecule has 0 aliphatic carbocycles. The molecule has 0 aromatic heterocycles. The SMILES string of the molecule is O=C(O)CC(O)c1cc(Cl)ccc1F. The number of carboxylic acids is 1. The van der Waals surface area contributed by atoms with E-state index in [1.54, 1.807) is 0 Å². The number of carboxylic acid groups (broad SMARTS) is 1. The fourth-order valence-corrected chi connectivity index (χ4v) is 1.23. The van der Waals surface area contributed by atoms with Gasteiger partial charge in [0.2, 0.25) is 0 Å². The maximum absolute atomic E-state index is 13.1. The highest BCUT2D eigenvalue weighted by Gasteiger charge is 2.16. The molecule has 2 N–H and O–H groups in total. The number of aliphatic carboxylic acids is 1. The van der Waals surface area contributed by atoms with Gasteiger partial charge in [-0.1, -0.05) is 11.6 Å². The van der Waals surface area contributed by atoms with Gasteiger partial charge in [-0.3, -0.25) is 4.79 Å². The summed E-state index contributed by atoms with van der Waals surface area (Å²) in [7, 11) is 0. The first kappa shape index (κ1) is 10.9. The standard InChI is InChI=1S/C9H8ClFO3/c10-5-1-2-7(11)6(3-5)8(12)4-9(13)14/h1-3,8,12H,4H2,(H,13,14). The molecule has 3 nitrogen and oxygen atoms in total. The van der Waals surface area contributed by atoms with E-state index in [9.17, 15) is 14.3 Å². The zero-order valence-corrected chi connectivity index (χ0v) is 7.83. The van der Waals surface area contributed by atoms with Crippen LogP contribution in [0.3, 0.4) is 0 Å². The molecule has 0 saturated heterocycles. The summed E-state index contributed by atoms with van der Waals surface area (Å²) in [6.07, 6.45) is -1.91. The van der Waals surface area contributed by atoms with Crippen molar-refractivity contribution in [2.45, 2.75) is 12.5 Å². The van der Waals surface area contributed by atoms with Crippen LogP contribution in [0.4, 0.5) is 4.39 Å². The minimum atomic E-state index is -1.37. The Bertz CT molecular complexity index is 354. The van der Waals surface area contributed by atoms with E-state index in [4.69, 9.17) is 16.7 Å². The van der Waals surface area contributed by atoms with Crippen LogP contribution in [0.1, 0.15) is 18.1 Å². The number of carbonyl (C=O) groups is 1. The summed E-state index contributed by atoms with van der Waals surface area (Å²) in [4.78, 5) is 10.3. The molecule has 0 amide bonds. The molecular weight excluding hydrogens is 211 g/mol. The molecule has 5 heteroatoms. The number of aliphatic hydroxyl groups is 1. The Labute approximate surface area is 84.7 Å². The Balaban J connectivity index is 2.93. The van der Waals surface area contributed by atoms with Gasteiger partial charge in [0.05, 0.1) is 12.5 Å². The Morgan fingerprint density at radius 3 is 2.79 bits per heavy atom. The fourth-order valence-electron chi connectivity index (χ4n) is 1.05. The van der Waals surface area contributed by atoms with Crippen LogP contribution in [-0.2, 0) is 4.79 Å². The van der Waals surface area contributed by atoms with Crippen LogP contribution in [0.15, 0.2) is 18.2 Å². The number of rotatable bonds is 3. The minimum Gasteiger partial charge on any atom is -0.481 e. The van der Waals surface area contributed by atoms with Crippen molar-refractivity contribution in [2.75, 3.05) is 0 Å². The van der Waals surface area contributed by atoms with Gasteiger partial charge in [-0.15, -0.1) is 0 Å². The summed E-state index contributed by atoms with van der Waals surface area (Å²) in [5.74, 6) is -1.86. The molecule has 0 aliphatic heterocycles. The molecule has 1 unspecified atom stereocenters. The van der Waals surface area contributed by atoms with E-state index in [0.717, 1.165) is 6.07 Å². The number of benzene rings is 1. The first-order valence-electron chi connectivity index (χ1n) is 3.85. The molecule has 0 heterocycles. The summed E-state index contributed by atoms with van der Waals surface area (Å²) in [5, 5.41) is 18.0. The maximum Gasteiger partial charge on any atom is 0.306 e. The lowest BCUT2D eigenvalue weighted by Gasteiger charge is -2.09. The Morgan fingerprint density at radius 2 is 2.21 bits per heavy atom. The summed E-state index contributed by atoms with van der Waals surface area (Å²) in [5.41, 5.74) is -0.0973. The van der Waals surface area contributed by atoms with E-state index in [1.165, 1.54) is 12.1 Å². The third-order valence-corrected chi connectivity index (χ3v) is 1.92. The highest BCUT2D eigenvalue weighted by Crippen LogP contribution is 2.23. The number of hydrogen-bond acceptors (Lipinski definition) is 2. The molecule has 0 radical (unpaired) electrons. The van der Waals surface area contributed by atoms with Crippen LogP contribution in [0.25, 0.3) is 0 Å². The van der Waals surface area contributed by atoms with Crippen LogP contribution < -0.4 is 0 Å². The average molecular weight is 219 g/mol. The molecule has 1 aromatic rings. The Hall–Kier alpha value is -1.13. The van der Waals surface area contributed by atoms with E-state index in [-0.39, 0.29) is 10.6 Å². The second kappa shape index (κ2) is 4.39. The fraction of sp³-hybridized carbons (Fsp3) is 0.222. The van der Waals surface area contributed by atoms with Gasteiger partial charge in [0.1, 0.15) is 5.82 Å². The smallest absolute Gasteiger partial charge is 0.306 e. The predicted octanol–water partition coefficient (Wildman–Crippen LogP) is 1.99. The van der Waals surface area contributed by atoms with Gasteiger partial charge < -0.3 is 10.2 Å². The third-order valence-electron chi connectivity index (χ3n) is 1.69. The van der Waals surface area contributed by atoms with Gasteiger partial charge in [0, 0.05) is 10.6 Å². The van der Waals surface area contributed by atoms with Crippen LogP contribution in [0, 0.1) is 5.82 Å². The molecule has 1 atom stereocenters. The van der Waals surface area contributed by atoms with E-state index < -0.39 is 24.3 Å². The normalized spacial score (nSPS) is 12.5. The zero-order valence-electron chi connectivity index (χ0n) is 7.08. The molecule has 0 bridgehead atoms. The molecule has 1 rings (SSSR count). The van der Waals surface area contributed by atoms with Gasteiger partial charge in [-0.05, 0) is 18.2 Å². The van der Waals surface area contributed by atoms with Crippen molar-refractivity contribution in [1.82, 2.24) is 0 Å². The second-order valence-electron chi connectivity index (χ2n) is 2.78. The lowest BCUT2D eigenvalue weighted by Crippen LogP contribution is -2.07. The minimum absolute atomic E-state index is 0.0973. The zero-order chi connectivity index (χ0) is 10.7. The van der Waals surface area contributed by atoms with E-state index in [1.807, 2.05) is 0 Å². The first-order chi connectivity index (χ1) is 6.50. The highest BCUT2D eigenvalue weighted by molar-refractivity contribution is 6.30. The van der Waals surface area contributed by atoms with E-state index in [2.05, 4.69) is 0 Å². The lowest BCUT2D eigenvalue weighted by molar-refractivity contribution is -0.139. The lowest BCUT2D eigenvalue weighted by atomic mass is 10.1. The van der Waals surface area contributed by atoms with Crippen molar-refractivity contribution in [3.05, 3.63) is 34.6 Å². The van der Waals surface area contributed by atoms with Crippen molar-refractivity contribution in [3.63, 3.8) is 0 Å². The molecule has 1 aromatic carbocycles. The average Bonchev–Trinajstić information content (AvgIpc) is 2.08. The van der Waals surface area contributed by atoms with Gasteiger partial charge in [-0.25, -0.2) is 4.39 Å². The second-order valence-corrected chi connectivity index (χ2v) is 3.22. The molecular formula is C9H8ClFO3. The summed E-state index contributed by atoms with van der Waals surface area (Å²) >= 11 is 5.57. The van der Waals surface area contributed by atoms with Crippen molar-refractivity contribution >= 4 is 17.6 Å². The van der Waals surface area contributed by atoms with Gasteiger partial charge in [0.25, 0.3) is 0 Å². The quantitative estimate of drug-likeness (QED) is 0.816. The Kier molecular flexibility index (Phi) is 3.43. The highest BCUT2D eigenvalue weighted by atomic mass is 35.5. The Morgan fingerprint density at radius 1 is 1.57 bits per heavy atom. The van der Waals surface area contributed by atoms with Crippen molar-refractivity contribution in [2.24, 2.45) is 0 Å². The van der Waals surface area contributed by atoms with Crippen molar-refractivity contribution < 1.29 is 19.4 Å². The monoisotopic (exact) mass is 218 g/mol. The van der Waals surface area contributed by atoms with Crippen molar-refractivity contribution in [1.29, 1.82) is 0 Å².